The van der Waals surface area contributed by atoms with Crippen LogP contribution >= 0.6 is 0 Å². The Bertz CT molecular complexity index is 993. The Morgan fingerprint density at radius 1 is 1.15 bits per heavy atom. The van der Waals surface area contributed by atoms with Crippen molar-refractivity contribution in [1.29, 1.82) is 0 Å². The van der Waals surface area contributed by atoms with E-state index >= 15 is 0 Å². The van der Waals surface area contributed by atoms with E-state index in [2.05, 4.69) is 25.2 Å². The third kappa shape index (κ3) is 3.12. The molecule has 0 aromatic carbocycles. The Morgan fingerprint density at radius 2 is 1.93 bits per heavy atom. The predicted octanol–water partition coefficient (Wildman–Crippen LogP) is 2.16. The van der Waals surface area contributed by atoms with E-state index in [-0.39, 0.29) is 5.78 Å². The molecule has 2 saturated heterocycles. The maximum absolute atomic E-state index is 12.6. The molecule has 2 fully saturated rings. The number of ketones is 1. The van der Waals surface area contributed by atoms with Crippen molar-refractivity contribution < 1.29 is 4.79 Å². The van der Waals surface area contributed by atoms with Crippen LogP contribution in [0.15, 0.2) is 30.6 Å². The maximum atomic E-state index is 12.6. The molecule has 7 heteroatoms. The number of nitrogens with zero attached hydrogens (tertiary/aromatic N) is 6. The number of carbonyl (C=O) groups excluding carboxylic acids is 1. The summed E-state index contributed by atoms with van der Waals surface area (Å²) in [6.45, 7) is 0.558. The zero-order valence-corrected chi connectivity index (χ0v) is 15.4. The van der Waals surface area contributed by atoms with Crippen LogP contribution in [0.2, 0.25) is 0 Å². The highest BCUT2D eigenvalue weighted by Gasteiger charge is 2.39. The molecule has 0 atom stereocenters. The molecule has 0 unspecified atom stereocenters. The number of aryl methyl sites for hydroxylation is 1. The smallest absolute Gasteiger partial charge is 0.152 e. The molecule has 138 valence electrons. The van der Waals surface area contributed by atoms with Crippen LogP contribution in [0.25, 0.3) is 22.3 Å². The van der Waals surface area contributed by atoms with Gasteiger partial charge in [0.15, 0.2) is 5.78 Å². The minimum Gasteiger partial charge on any atom is -0.298 e. The minimum atomic E-state index is 0.241. The fourth-order valence-electron chi connectivity index (χ4n) is 4.50. The lowest BCUT2D eigenvalue weighted by molar-refractivity contribution is -0.119. The van der Waals surface area contributed by atoms with Crippen LogP contribution in [-0.4, -0.2) is 54.3 Å². The largest absolute Gasteiger partial charge is 0.298 e. The highest BCUT2D eigenvalue weighted by atomic mass is 16.1. The average molecular weight is 362 g/mol. The Kier molecular flexibility index (Phi) is 3.97. The first-order chi connectivity index (χ1) is 13.2. The van der Waals surface area contributed by atoms with E-state index in [0.29, 0.717) is 25.0 Å². The molecule has 5 rings (SSSR count). The van der Waals surface area contributed by atoms with Crippen LogP contribution in [0.4, 0.5) is 0 Å². The van der Waals surface area contributed by atoms with Crippen molar-refractivity contribution in [1.82, 2.24) is 29.9 Å². The van der Waals surface area contributed by atoms with Crippen LogP contribution in [0.3, 0.4) is 0 Å². The molecule has 7 nitrogen and oxygen atoms in total. The van der Waals surface area contributed by atoms with Gasteiger partial charge in [-0.15, -0.1) is 5.10 Å². The maximum Gasteiger partial charge on any atom is 0.152 e. The molecule has 0 spiro atoms. The van der Waals surface area contributed by atoms with E-state index < -0.39 is 0 Å². The normalized spacial score (nSPS) is 22.0. The fraction of sp³-hybridized carbons (Fsp3) is 0.450. The molecule has 0 radical (unpaired) electrons. The van der Waals surface area contributed by atoms with E-state index in [0.717, 1.165) is 28.0 Å². The summed E-state index contributed by atoms with van der Waals surface area (Å²) in [5, 5.41) is 9.03. The highest BCUT2D eigenvalue weighted by molar-refractivity contribution is 5.85. The molecule has 0 saturated carbocycles. The van der Waals surface area contributed by atoms with E-state index in [1.807, 2.05) is 31.4 Å². The van der Waals surface area contributed by atoms with Gasteiger partial charge < -0.3 is 0 Å². The average Bonchev–Trinajstić information content (AvgIpc) is 3.37. The van der Waals surface area contributed by atoms with Gasteiger partial charge in [0.1, 0.15) is 5.69 Å². The molecule has 27 heavy (non-hydrogen) atoms. The summed E-state index contributed by atoms with van der Waals surface area (Å²) in [4.78, 5) is 24.2. The van der Waals surface area contributed by atoms with E-state index in [1.54, 1.807) is 10.9 Å². The van der Waals surface area contributed by atoms with Crippen molar-refractivity contribution in [3.8, 4) is 11.4 Å². The van der Waals surface area contributed by atoms with Gasteiger partial charge in [0.2, 0.25) is 0 Å². The summed E-state index contributed by atoms with van der Waals surface area (Å²) >= 11 is 0. The lowest BCUT2D eigenvalue weighted by atomic mass is 10.0. The number of carbonyl (C=O) groups is 1. The minimum absolute atomic E-state index is 0.241. The van der Waals surface area contributed by atoms with Gasteiger partial charge >= 0.3 is 0 Å². The van der Waals surface area contributed by atoms with E-state index in [1.165, 1.54) is 25.7 Å². The van der Waals surface area contributed by atoms with Crippen molar-refractivity contribution >= 4 is 16.7 Å². The van der Waals surface area contributed by atoms with E-state index in [4.69, 9.17) is 0 Å². The Labute approximate surface area is 157 Å². The number of fused-ring (bicyclic) bond motifs is 3. The molecule has 3 aromatic rings. The molecule has 2 bridgehead atoms. The van der Waals surface area contributed by atoms with Crippen LogP contribution < -0.4 is 0 Å². The molecule has 3 aromatic heterocycles. The van der Waals surface area contributed by atoms with Gasteiger partial charge in [0.25, 0.3) is 0 Å². The van der Waals surface area contributed by atoms with Gasteiger partial charge in [-0.1, -0.05) is 5.21 Å². The monoisotopic (exact) mass is 362 g/mol. The number of aromatic nitrogens is 5. The number of hydrogen-bond acceptors (Lipinski definition) is 6. The summed E-state index contributed by atoms with van der Waals surface area (Å²) in [5.41, 5.74) is 3.12. The second-order valence-corrected chi connectivity index (χ2v) is 7.69. The predicted molar refractivity (Wildman–Crippen MR) is 101 cm³/mol. The third-order valence-electron chi connectivity index (χ3n) is 5.84. The summed E-state index contributed by atoms with van der Waals surface area (Å²) in [5.74, 6) is 0.241. The molecular weight excluding hydrogens is 340 g/mol. The van der Waals surface area contributed by atoms with Crippen molar-refractivity contribution in [2.45, 2.75) is 44.2 Å². The van der Waals surface area contributed by atoms with Gasteiger partial charge in [-0.3, -0.25) is 19.4 Å². The number of hydrogen-bond donors (Lipinski definition) is 0. The molecule has 0 N–H and O–H groups in total. The molecule has 0 amide bonds. The molecule has 5 heterocycles. The van der Waals surface area contributed by atoms with Crippen molar-refractivity contribution in [2.75, 3.05) is 6.54 Å². The third-order valence-corrected chi connectivity index (χ3v) is 5.84. The lowest BCUT2D eigenvalue weighted by Crippen LogP contribution is -2.34. The first-order valence-electron chi connectivity index (χ1n) is 9.55. The number of pyridine rings is 2. The van der Waals surface area contributed by atoms with Gasteiger partial charge in [-0.05, 0) is 43.9 Å². The number of Topliss-reactive ketones (excluding diaryl/α,β-unsaturated/α-hetero) is 1. The first-order valence-corrected chi connectivity index (χ1v) is 9.55. The quantitative estimate of drug-likeness (QED) is 0.692. The second-order valence-electron chi connectivity index (χ2n) is 7.69. The van der Waals surface area contributed by atoms with Crippen molar-refractivity contribution in [3.63, 3.8) is 0 Å². The molecule has 2 aliphatic rings. The first kappa shape index (κ1) is 16.5. The SMILES string of the molecule is Cn1cc(-c2ccc3cnc(CC(=O)CN4C5CCC4CC5)cc3n2)nn1. The van der Waals surface area contributed by atoms with Crippen LogP contribution in [0.5, 0.6) is 0 Å². The van der Waals surface area contributed by atoms with Gasteiger partial charge in [-0.25, -0.2) is 4.98 Å². The summed E-state index contributed by atoms with van der Waals surface area (Å²) in [7, 11) is 1.83. The number of rotatable bonds is 5. The summed E-state index contributed by atoms with van der Waals surface area (Å²) in [6.07, 6.45) is 9.00. The summed E-state index contributed by atoms with van der Waals surface area (Å²) < 4.78 is 1.66. The van der Waals surface area contributed by atoms with Crippen LogP contribution in [0.1, 0.15) is 31.4 Å². The standard InChI is InChI=1S/C20H22N6O/c1-25-12-20(23-24-25)18-7-2-13-10-21-14(9-19(13)22-18)8-17(27)11-26-15-3-4-16(26)6-5-15/h2,7,9-10,12,15-16H,3-6,8,11H2,1H3. The lowest BCUT2D eigenvalue weighted by Gasteiger charge is -2.20. The summed E-state index contributed by atoms with van der Waals surface area (Å²) in [6, 6.07) is 7.07. The Balaban J connectivity index is 1.35. The van der Waals surface area contributed by atoms with Crippen molar-refractivity contribution in [3.05, 3.63) is 36.3 Å². The topological polar surface area (TPSA) is 76.8 Å². The molecular formula is C20H22N6O. The highest BCUT2D eigenvalue weighted by Crippen LogP contribution is 2.37. The molecule has 0 aliphatic carbocycles. The van der Waals surface area contributed by atoms with E-state index in [9.17, 15) is 4.79 Å². The fourth-order valence-corrected chi connectivity index (χ4v) is 4.50. The zero-order chi connectivity index (χ0) is 18.4. The van der Waals surface area contributed by atoms with Crippen LogP contribution in [-0.2, 0) is 18.3 Å². The Hall–Kier alpha value is -2.67. The van der Waals surface area contributed by atoms with Crippen LogP contribution in [0, 0.1) is 0 Å². The van der Waals surface area contributed by atoms with Gasteiger partial charge in [-0.2, -0.15) is 0 Å². The zero-order valence-electron chi connectivity index (χ0n) is 15.4. The second kappa shape index (κ2) is 6.49. The Morgan fingerprint density at radius 3 is 2.63 bits per heavy atom. The van der Waals surface area contributed by atoms with Crippen molar-refractivity contribution in [2.24, 2.45) is 7.05 Å². The van der Waals surface area contributed by atoms with Gasteiger partial charge in [0.05, 0.1) is 30.4 Å². The van der Waals surface area contributed by atoms with Gasteiger partial charge in [0, 0.05) is 36.4 Å². The molecule has 2 aliphatic heterocycles.